The molecule has 0 radical (unpaired) electrons. The fraction of sp³-hybridized carbons (Fsp3) is 0.125. The number of Topliss-reactive ketones (excluding diaryl/α,β-unsaturated/α-hetero) is 1. The molecule has 0 atom stereocenters. The van der Waals surface area contributed by atoms with Crippen molar-refractivity contribution in [2.75, 3.05) is 5.75 Å². The molecule has 0 N–H and O–H groups in total. The standard InChI is InChI=1S/C24H21N3OS/c28-22(20-12-6-2-7-13-20)18-29-24-26-25-23(21-14-8-3-9-15-21)27(24)17-16-19-10-4-1-5-11-19/h1-15H,16-18H2. The molecule has 5 heteroatoms. The lowest BCUT2D eigenvalue weighted by Gasteiger charge is -2.10. The Labute approximate surface area is 174 Å². The number of nitrogens with zero attached hydrogens (tertiary/aromatic N) is 3. The smallest absolute Gasteiger partial charge is 0.191 e. The summed E-state index contributed by atoms with van der Waals surface area (Å²) in [5.74, 6) is 1.26. The molecule has 0 fully saturated rings. The minimum Gasteiger partial charge on any atom is -0.302 e. The van der Waals surface area contributed by atoms with Crippen LogP contribution in [0, 0.1) is 0 Å². The van der Waals surface area contributed by atoms with Crippen LogP contribution in [-0.2, 0) is 13.0 Å². The first-order valence-corrected chi connectivity index (χ1v) is 10.5. The van der Waals surface area contributed by atoms with Gasteiger partial charge in [0.15, 0.2) is 16.8 Å². The number of carbonyl (C=O) groups excluding carboxylic acids is 1. The van der Waals surface area contributed by atoms with Gasteiger partial charge in [-0.1, -0.05) is 103 Å². The maximum Gasteiger partial charge on any atom is 0.191 e. The molecule has 0 amide bonds. The van der Waals surface area contributed by atoms with E-state index in [1.54, 1.807) is 0 Å². The summed E-state index contributed by atoms with van der Waals surface area (Å²) in [4.78, 5) is 12.5. The van der Waals surface area contributed by atoms with E-state index in [2.05, 4.69) is 26.9 Å². The molecular weight excluding hydrogens is 378 g/mol. The van der Waals surface area contributed by atoms with E-state index in [1.165, 1.54) is 17.3 Å². The Morgan fingerprint density at radius 2 is 1.41 bits per heavy atom. The molecule has 0 aliphatic heterocycles. The number of thioether (sulfide) groups is 1. The highest BCUT2D eigenvalue weighted by molar-refractivity contribution is 7.99. The first kappa shape index (κ1) is 19.2. The van der Waals surface area contributed by atoms with Crippen LogP contribution in [0.5, 0.6) is 0 Å². The lowest BCUT2D eigenvalue weighted by Crippen LogP contribution is -2.07. The van der Waals surface area contributed by atoms with Crippen LogP contribution in [0.25, 0.3) is 11.4 Å². The van der Waals surface area contributed by atoms with Gasteiger partial charge in [0, 0.05) is 17.7 Å². The number of hydrogen-bond donors (Lipinski definition) is 0. The lowest BCUT2D eigenvalue weighted by molar-refractivity contribution is 0.102. The Balaban J connectivity index is 1.56. The number of hydrogen-bond acceptors (Lipinski definition) is 4. The number of aryl methyl sites for hydroxylation is 1. The van der Waals surface area contributed by atoms with Crippen LogP contribution in [0.3, 0.4) is 0 Å². The predicted molar refractivity (Wildman–Crippen MR) is 117 cm³/mol. The summed E-state index contributed by atoms with van der Waals surface area (Å²) in [5.41, 5.74) is 3.00. The van der Waals surface area contributed by atoms with Gasteiger partial charge in [0.05, 0.1) is 5.75 Å². The number of benzene rings is 3. The number of aromatic nitrogens is 3. The SMILES string of the molecule is O=C(CSc1nnc(-c2ccccc2)n1CCc1ccccc1)c1ccccc1. The van der Waals surface area contributed by atoms with Crippen molar-refractivity contribution < 1.29 is 4.79 Å². The van der Waals surface area contributed by atoms with E-state index < -0.39 is 0 Å². The van der Waals surface area contributed by atoms with E-state index in [0.29, 0.717) is 5.75 Å². The van der Waals surface area contributed by atoms with Crippen LogP contribution in [-0.4, -0.2) is 26.3 Å². The molecule has 1 aromatic heterocycles. The van der Waals surface area contributed by atoms with Crippen molar-refractivity contribution in [3.8, 4) is 11.4 Å². The van der Waals surface area contributed by atoms with E-state index in [0.717, 1.165) is 35.1 Å². The first-order valence-electron chi connectivity index (χ1n) is 9.55. The fourth-order valence-corrected chi connectivity index (χ4v) is 3.98. The summed E-state index contributed by atoms with van der Waals surface area (Å²) in [7, 11) is 0. The molecule has 4 rings (SSSR count). The Kier molecular flexibility index (Phi) is 6.17. The third-order valence-electron chi connectivity index (χ3n) is 4.64. The average molecular weight is 400 g/mol. The summed E-state index contributed by atoms with van der Waals surface area (Å²) in [6.45, 7) is 0.753. The quantitative estimate of drug-likeness (QED) is 0.303. The van der Waals surface area contributed by atoms with Crippen molar-refractivity contribution >= 4 is 17.5 Å². The monoisotopic (exact) mass is 399 g/mol. The molecule has 0 spiro atoms. The van der Waals surface area contributed by atoms with Gasteiger partial charge in [-0.05, 0) is 12.0 Å². The van der Waals surface area contributed by atoms with Crippen LogP contribution in [0.15, 0.2) is 96.2 Å². The van der Waals surface area contributed by atoms with E-state index in [4.69, 9.17) is 0 Å². The van der Waals surface area contributed by atoms with E-state index >= 15 is 0 Å². The van der Waals surface area contributed by atoms with Crippen LogP contribution >= 0.6 is 11.8 Å². The second-order valence-corrected chi connectivity index (χ2v) is 7.58. The van der Waals surface area contributed by atoms with E-state index in [-0.39, 0.29) is 5.78 Å². The molecule has 0 saturated heterocycles. The van der Waals surface area contributed by atoms with Gasteiger partial charge in [0.25, 0.3) is 0 Å². The summed E-state index contributed by atoms with van der Waals surface area (Å²) in [6, 6.07) is 29.8. The van der Waals surface area contributed by atoms with Crippen LogP contribution < -0.4 is 0 Å². The first-order chi connectivity index (χ1) is 14.3. The van der Waals surface area contributed by atoms with Gasteiger partial charge in [0.1, 0.15) is 0 Å². The number of rotatable bonds is 8. The minimum absolute atomic E-state index is 0.0921. The van der Waals surface area contributed by atoms with Crippen LogP contribution in [0.2, 0.25) is 0 Å². The van der Waals surface area contributed by atoms with Crippen molar-refractivity contribution in [2.24, 2.45) is 0 Å². The molecule has 0 bridgehead atoms. The highest BCUT2D eigenvalue weighted by Crippen LogP contribution is 2.25. The van der Waals surface area contributed by atoms with Crippen molar-refractivity contribution in [1.29, 1.82) is 0 Å². The second-order valence-electron chi connectivity index (χ2n) is 6.64. The van der Waals surface area contributed by atoms with E-state index in [9.17, 15) is 4.79 Å². The highest BCUT2D eigenvalue weighted by atomic mass is 32.2. The zero-order valence-electron chi connectivity index (χ0n) is 15.9. The predicted octanol–water partition coefficient (Wildman–Crippen LogP) is 5.16. The van der Waals surface area contributed by atoms with Crippen LogP contribution in [0.4, 0.5) is 0 Å². The van der Waals surface area contributed by atoms with Gasteiger partial charge >= 0.3 is 0 Å². The molecule has 4 nitrogen and oxygen atoms in total. The Bertz CT molecular complexity index is 1060. The largest absolute Gasteiger partial charge is 0.302 e. The molecular formula is C24H21N3OS. The lowest BCUT2D eigenvalue weighted by atomic mass is 10.1. The summed E-state index contributed by atoms with van der Waals surface area (Å²) < 4.78 is 2.12. The van der Waals surface area contributed by atoms with Crippen molar-refractivity contribution in [3.63, 3.8) is 0 Å². The van der Waals surface area contributed by atoms with Crippen molar-refractivity contribution in [2.45, 2.75) is 18.1 Å². The Hall–Kier alpha value is -3.18. The summed E-state index contributed by atoms with van der Waals surface area (Å²) in [5, 5.41) is 9.59. The molecule has 0 aliphatic carbocycles. The normalized spacial score (nSPS) is 10.8. The number of ketones is 1. The third-order valence-corrected chi connectivity index (χ3v) is 5.61. The second kappa shape index (κ2) is 9.34. The Morgan fingerprint density at radius 3 is 2.10 bits per heavy atom. The molecule has 3 aromatic carbocycles. The molecule has 1 heterocycles. The van der Waals surface area contributed by atoms with Gasteiger partial charge in [-0.3, -0.25) is 4.79 Å². The molecule has 0 saturated carbocycles. The maximum absolute atomic E-state index is 12.5. The third kappa shape index (κ3) is 4.81. The van der Waals surface area contributed by atoms with Gasteiger partial charge in [-0.15, -0.1) is 10.2 Å². The van der Waals surface area contributed by atoms with E-state index in [1.807, 2.05) is 78.9 Å². The van der Waals surface area contributed by atoms with Gasteiger partial charge in [0.2, 0.25) is 0 Å². The molecule has 0 aliphatic rings. The molecule has 4 aromatic rings. The summed E-state index contributed by atoms with van der Waals surface area (Å²) >= 11 is 1.44. The molecule has 29 heavy (non-hydrogen) atoms. The van der Waals surface area contributed by atoms with Crippen molar-refractivity contribution in [1.82, 2.24) is 14.8 Å². The number of carbonyl (C=O) groups is 1. The van der Waals surface area contributed by atoms with Crippen molar-refractivity contribution in [3.05, 3.63) is 102 Å². The molecule has 0 unspecified atom stereocenters. The van der Waals surface area contributed by atoms with Gasteiger partial charge in [-0.2, -0.15) is 0 Å². The fourth-order valence-electron chi connectivity index (χ4n) is 3.12. The zero-order valence-corrected chi connectivity index (χ0v) is 16.8. The zero-order chi connectivity index (χ0) is 19.9. The topological polar surface area (TPSA) is 47.8 Å². The van der Waals surface area contributed by atoms with Gasteiger partial charge in [-0.25, -0.2) is 0 Å². The summed E-state index contributed by atoms with van der Waals surface area (Å²) in [6.07, 6.45) is 0.874. The van der Waals surface area contributed by atoms with Gasteiger partial charge < -0.3 is 4.57 Å². The highest BCUT2D eigenvalue weighted by Gasteiger charge is 2.16. The average Bonchev–Trinajstić information content (AvgIpc) is 3.20. The maximum atomic E-state index is 12.5. The molecule has 144 valence electrons. The minimum atomic E-state index is 0.0921. The van der Waals surface area contributed by atoms with Crippen LogP contribution in [0.1, 0.15) is 15.9 Å². The Morgan fingerprint density at radius 1 is 0.793 bits per heavy atom.